The van der Waals surface area contributed by atoms with Crippen molar-refractivity contribution < 1.29 is 22.7 Å². The third kappa shape index (κ3) is 6.56. The highest BCUT2D eigenvalue weighted by Crippen LogP contribution is 2.28. The molecule has 0 spiro atoms. The molecule has 1 unspecified atom stereocenters. The number of nitrogens with one attached hydrogen (secondary N) is 2. The second kappa shape index (κ2) is 11.0. The van der Waals surface area contributed by atoms with Gasteiger partial charge in [0, 0.05) is 19.7 Å². The molecule has 35 heavy (non-hydrogen) atoms. The van der Waals surface area contributed by atoms with Crippen LogP contribution in [0.3, 0.4) is 0 Å². The number of ether oxygens (including phenoxy) is 1. The van der Waals surface area contributed by atoms with E-state index < -0.39 is 21.8 Å². The lowest BCUT2D eigenvalue weighted by Crippen LogP contribution is -2.34. The first kappa shape index (κ1) is 25.5. The Bertz CT molecular complexity index is 1340. The Morgan fingerprint density at radius 3 is 2.80 bits per heavy atom. The summed E-state index contributed by atoms with van der Waals surface area (Å²) in [5, 5.41) is 5.17. The molecule has 2 N–H and O–H groups in total. The number of urea groups is 1. The number of hydrogen-bond donors (Lipinski definition) is 2. The van der Waals surface area contributed by atoms with Gasteiger partial charge < -0.3 is 9.64 Å². The second-order valence-corrected chi connectivity index (χ2v) is 11.8. The summed E-state index contributed by atoms with van der Waals surface area (Å²) in [6.45, 7) is 1.87. The summed E-state index contributed by atoms with van der Waals surface area (Å²) in [4.78, 5) is 31.0. The molecule has 0 aliphatic carbocycles. The molecule has 3 amide bonds. The van der Waals surface area contributed by atoms with Crippen LogP contribution in [0.1, 0.15) is 23.2 Å². The fourth-order valence-corrected chi connectivity index (χ4v) is 6.27. The molecule has 2 aromatic carbocycles. The zero-order valence-corrected chi connectivity index (χ0v) is 21.4. The van der Waals surface area contributed by atoms with Gasteiger partial charge in [0.25, 0.3) is 5.91 Å². The number of carbonyl (C=O) groups is 2. The fraction of sp³-hybridized carbons (Fsp3) is 0.348. The topological polar surface area (TPSA) is 118 Å². The number of nitrogens with zero attached hydrogens (tertiary/aromatic N) is 2. The molecule has 2 heterocycles. The van der Waals surface area contributed by atoms with E-state index in [4.69, 9.17) is 16.3 Å². The Kier molecular flexibility index (Phi) is 8.02. The standard InChI is InChI=1S/C23H25ClN4O5S2/c1-28(14-15-5-4-11-33-15)10-12-35(31,32)16-8-9-19-20(13-16)34-23(25-19)27-22(30)26-21(29)17-6-2-3-7-18(17)24/h2-3,6-9,13,15H,4-5,10-12,14H2,1H3,(H2,25,26,27,29,30). The van der Waals surface area contributed by atoms with Crippen molar-refractivity contribution >= 4 is 60.1 Å². The molecule has 0 saturated carbocycles. The molecular weight excluding hydrogens is 512 g/mol. The van der Waals surface area contributed by atoms with Gasteiger partial charge in [-0.2, -0.15) is 0 Å². The van der Waals surface area contributed by atoms with Gasteiger partial charge in [0.15, 0.2) is 15.0 Å². The molecule has 9 nitrogen and oxygen atoms in total. The number of hydrogen-bond acceptors (Lipinski definition) is 8. The van der Waals surface area contributed by atoms with Crippen molar-refractivity contribution in [3.8, 4) is 0 Å². The maximum absolute atomic E-state index is 12.9. The van der Waals surface area contributed by atoms with Gasteiger partial charge in [-0.25, -0.2) is 18.2 Å². The Morgan fingerprint density at radius 1 is 1.26 bits per heavy atom. The molecule has 1 saturated heterocycles. The van der Waals surface area contributed by atoms with Gasteiger partial charge in [-0.05, 0) is 50.2 Å². The first-order chi connectivity index (χ1) is 16.7. The lowest BCUT2D eigenvalue weighted by atomic mass is 10.2. The van der Waals surface area contributed by atoms with Gasteiger partial charge in [0.05, 0.1) is 37.6 Å². The summed E-state index contributed by atoms with van der Waals surface area (Å²) in [6.07, 6.45) is 2.21. The number of fused-ring (bicyclic) bond motifs is 1. The van der Waals surface area contributed by atoms with Crippen LogP contribution in [0.15, 0.2) is 47.4 Å². The number of sulfone groups is 1. The molecule has 186 valence electrons. The van der Waals surface area contributed by atoms with E-state index in [2.05, 4.69) is 15.6 Å². The van der Waals surface area contributed by atoms with Crippen LogP contribution in [0, 0.1) is 0 Å². The van der Waals surface area contributed by atoms with Crippen molar-refractivity contribution in [2.45, 2.75) is 23.8 Å². The predicted molar refractivity (Wildman–Crippen MR) is 136 cm³/mol. The number of imide groups is 1. The minimum absolute atomic E-state index is 0.0157. The summed E-state index contributed by atoms with van der Waals surface area (Å²) < 4.78 is 32.0. The highest BCUT2D eigenvalue weighted by atomic mass is 35.5. The maximum atomic E-state index is 12.9. The summed E-state index contributed by atoms with van der Waals surface area (Å²) in [6, 6.07) is 10.3. The van der Waals surface area contributed by atoms with Crippen LogP contribution in [0.2, 0.25) is 5.02 Å². The van der Waals surface area contributed by atoms with Gasteiger partial charge in [0.1, 0.15) is 0 Å². The average Bonchev–Trinajstić information content (AvgIpc) is 3.46. The molecular formula is C23H25ClN4O5S2. The molecule has 1 aliphatic rings. The number of amides is 3. The Labute approximate surface area is 212 Å². The van der Waals surface area contributed by atoms with Crippen LogP contribution >= 0.6 is 22.9 Å². The summed E-state index contributed by atoms with van der Waals surface area (Å²) in [5.41, 5.74) is 0.710. The van der Waals surface area contributed by atoms with Crippen LogP contribution in [0.4, 0.5) is 9.93 Å². The number of likely N-dealkylation sites (N-methyl/N-ethyl adjacent to an activating group) is 1. The Balaban J connectivity index is 1.37. The molecule has 0 radical (unpaired) electrons. The average molecular weight is 537 g/mol. The predicted octanol–water partition coefficient (Wildman–Crippen LogP) is 3.80. The SMILES string of the molecule is CN(CCS(=O)(=O)c1ccc2nc(NC(=O)NC(=O)c3ccccc3Cl)sc2c1)CC1CCCO1. The van der Waals surface area contributed by atoms with Crippen LogP contribution in [-0.2, 0) is 14.6 Å². The van der Waals surface area contributed by atoms with Crippen LogP contribution in [0.25, 0.3) is 10.2 Å². The number of benzene rings is 2. The minimum atomic E-state index is -3.51. The number of aromatic nitrogens is 1. The number of halogens is 1. The van der Waals surface area contributed by atoms with Crippen LogP contribution in [0.5, 0.6) is 0 Å². The largest absolute Gasteiger partial charge is 0.377 e. The quantitative estimate of drug-likeness (QED) is 0.449. The zero-order valence-electron chi connectivity index (χ0n) is 19.0. The zero-order chi connectivity index (χ0) is 25.0. The number of carbonyl (C=O) groups excluding carboxylic acids is 2. The molecule has 1 aliphatic heterocycles. The second-order valence-electron chi connectivity index (χ2n) is 8.25. The lowest BCUT2D eigenvalue weighted by molar-refractivity contribution is 0.0829. The van der Waals surface area contributed by atoms with Crippen molar-refractivity contribution in [2.24, 2.45) is 0 Å². The van der Waals surface area contributed by atoms with E-state index in [1.54, 1.807) is 30.3 Å². The van der Waals surface area contributed by atoms with Gasteiger partial charge in [-0.3, -0.25) is 15.4 Å². The summed E-state index contributed by atoms with van der Waals surface area (Å²) in [5.74, 6) is -0.662. The third-order valence-electron chi connectivity index (χ3n) is 5.57. The lowest BCUT2D eigenvalue weighted by Gasteiger charge is -2.20. The van der Waals surface area contributed by atoms with Crippen molar-refractivity contribution in [2.75, 3.05) is 37.8 Å². The smallest absolute Gasteiger partial charge is 0.327 e. The van der Waals surface area contributed by atoms with E-state index in [0.717, 1.165) is 30.8 Å². The molecule has 12 heteroatoms. The van der Waals surface area contributed by atoms with Crippen molar-refractivity contribution in [3.63, 3.8) is 0 Å². The van der Waals surface area contributed by atoms with Gasteiger partial charge >= 0.3 is 6.03 Å². The van der Waals surface area contributed by atoms with E-state index in [9.17, 15) is 18.0 Å². The van der Waals surface area contributed by atoms with Gasteiger partial charge in [-0.15, -0.1) is 0 Å². The first-order valence-corrected chi connectivity index (χ1v) is 13.9. The molecule has 0 bridgehead atoms. The molecule has 4 rings (SSSR count). The van der Waals surface area contributed by atoms with Crippen molar-refractivity contribution in [1.29, 1.82) is 0 Å². The third-order valence-corrected chi connectivity index (χ3v) is 8.52. The Hall–Kier alpha value is -2.57. The summed E-state index contributed by atoms with van der Waals surface area (Å²) >= 11 is 7.10. The van der Waals surface area contributed by atoms with Gasteiger partial charge in [0.2, 0.25) is 0 Å². The van der Waals surface area contributed by atoms with E-state index in [1.165, 1.54) is 12.1 Å². The molecule has 1 fully saturated rings. The molecule has 1 atom stereocenters. The van der Waals surface area contributed by atoms with Crippen LogP contribution < -0.4 is 10.6 Å². The van der Waals surface area contributed by atoms with Crippen molar-refractivity contribution in [1.82, 2.24) is 15.2 Å². The Morgan fingerprint density at radius 2 is 2.06 bits per heavy atom. The van der Waals surface area contributed by atoms with Crippen molar-refractivity contribution in [3.05, 3.63) is 53.1 Å². The number of anilines is 1. The van der Waals surface area contributed by atoms with E-state index in [1.807, 2.05) is 11.9 Å². The minimum Gasteiger partial charge on any atom is -0.377 e. The first-order valence-electron chi connectivity index (χ1n) is 11.0. The van der Waals surface area contributed by atoms with E-state index in [0.29, 0.717) is 23.3 Å². The van der Waals surface area contributed by atoms with E-state index in [-0.39, 0.29) is 32.5 Å². The normalized spacial score (nSPS) is 16.0. The molecule has 3 aromatic rings. The monoisotopic (exact) mass is 536 g/mol. The number of thiazole rings is 1. The highest BCUT2D eigenvalue weighted by molar-refractivity contribution is 7.91. The maximum Gasteiger partial charge on any atom is 0.327 e. The summed E-state index contributed by atoms with van der Waals surface area (Å²) in [7, 11) is -1.61. The van der Waals surface area contributed by atoms with E-state index >= 15 is 0 Å². The molecule has 1 aromatic heterocycles. The number of rotatable bonds is 8. The highest BCUT2D eigenvalue weighted by Gasteiger charge is 2.21. The van der Waals surface area contributed by atoms with Gasteiger partial charge in [-0.1, -0.05) is 35.1 Å². The van der Waals surface area contributed by atoms with Crippen LogP contribution in [-0.4, -0.2) is 68.8 Å². The fourth-order valence-electron chi connectivity index (χ4n) is 3.72.